The maximum atomic E-state index is 12.8. The molecule has 0 saturated carbocycles. The standard InChI is InChI=1S/C58H97O11P/c1-4-7-10-13-16-19-21-23-25-26-27-28-30-32-34-37-40-43-46-49-58(62)69-55(51-65-56(60)47-44-41-38-36-33-31-29-24-22-20-17-14-11-8-5-2)53-67-70(63,64)66-52-54(50-59)68-57(61)48-45-42-39-35-18-15-12-9-6-3/h7,10,16-17,19-20,23-25,27-29,32,34,40,43,54-55,59H,4-6,8-9,11-15,18,21-22,26,30-31,33,35-39,41-42,44-53H2,1-3H3,(H,63,64)/b10-7-,19-16-,20-17-,25-23-,28-27-,29-24-,34-32-,43-40-. The predicted molar refractivity (Wildman–Crippen MR) is 288 cm³/mol. The van der Waals surface area contributed by atoms with Gasteiger partial charge in [-0.3, -0.25) is 23.4 Å². The lowest BCUT2D eigenvalue weighted by Gasteiger charge is -2.21. The SMILES string of the molecule is CC/C=C\C/C=C\C/C=C\C/C=C\C/C=C\C/C=C\CCC(=O)OC(COC(=O)CCCCCCC/C=C\C/C=C\CCCCC)COP(=O)(O)OCC(CO)OC(=O)CCCCCCCCCCC. The quantitative estimate of drug-likeness (QED) is 0.0197. The Kier molecular flexibility index (Phi) is 49.1. The van der Waals surface area contributed by atoms with E-state index < -0.39 is 57.8 Å². The summed E-state index contributed by atoms with van der Waals surface area (Å²) in [6.45, 7) is 4.36. The van der Waals surface area contributed by atoms with E-state index in [9.17, 15) is 28.9 Å². The van der Waals surface area contributed by atoms with Gasteiger partial charge in [0.05, 0.1) is 19.8 Å². The first-order valence-corrected chi connectivity index (χ1v) is 28.6. The Balaban J connectivity index is 4.89. The third-order valence-electron chi connectivity index (χ3n) is 11.0. The average Bonchev–Trinajstić information content (AvgIpc) is 3.35. The summed E-state index contributed by atoms with van der Waals surface area (Å²) in [5, 5.41) is 9.75. The summed E-state index contributed by atoms with van der Waals surface area (Å²) in [6, 6.07) is 0. The van der Waals surface area contributed by atoms with E-state index in [1.807, 2.05) is 12.2 Å². The second-order valence-corrected chi connectivity index (χ2v) is 19.1. The molecule has 12 heteroatoms. The molecule has 0 aromatic heterocycles. The fraction of sp³-hybridized carbons (Fsp3) is 0.672. The lowest BCUT2D eigenvalue weighted by Crippen LogP contribution is -2.30. The van der Waals surface area contributed by atoms with Crippen LogP contribution in [0.4, 0.5) is 0 Å². The molecule has 0 aromatic rings. The normalized spacial score (nSPS) is 14.2. The lowest BCUT2D eigenvalue weighted by molar-refractivity contribution is -0.161. The summed E-state index contributed by atoms with van der Waals surface area (Å²) in [4.78, 5) is 48.3. The molecule has 0 rings (SSSR count). The fourth-order valence-corrected chi connectivity index (χ4v) is 7.67. The van der Waals surface area contributed by atoms with Crippen LogP contribution in [0.25, 0.3) is 0 Å². The maximum Gasteiger partial charge on any atom is 0.472 e. The van der Waals surface area contributed by atoms with E-state index in [4.69, 9.17) is 23.3 Å². The van der Waals surface area contributed by atoms with Gasteiger partial charge in [0.25, 0.3) is 0 Å². The van der Waals surface area contributed by atoms with Crippen LogP contribution in [0, 0.1) is 0 Å². The van der Waals surface area contributed by atoms with Crippen LogP contribution in [0.15, 0.2) is 97.2 Å². The van der Waals surface area contributed by atoms with Crippen molar-refractivity contribution in [1.29, 1.82) is 0 Å². The zero-order valence-electron chi connectivity index (χ0n) is 43.9. The van der Waals surface area contributed by atoms with E-state index in [0.717, 1.165) is 96.3 Å². The van der Waals surface area contributed by atoms with Crippen LogP contribution in [0.3, 0.4) is 0 Å². The fourth-order valence-electron chi connectivity index (χ4n) is 6.88. The molecule has 11 nitrogen and oxygen atoms in total. The molecule has 0 amide bonds. The Bertz CT molecular complexity index is 1540. The molecule has 400 valence electrons. The van der Waals surface area contributed by atoms with Crippen molar-refractivity contribution in [2.45, 2.75) is 226 Å². The van der Waals surface area contributed by atoms with E-state index in [-0.39, 0.29) is 25.9 Å². The number of hydrogen-bond acceptors (Lipinski definition) is 10. The molecule has 0 aromatic carbocycles. The number of ether oxygens (including phenoxy) is 3. The van der Waals surface area contributed by atoms with Gasteiger partial charge >= 0.3 is 25.7 Å². The van der Waals surface area contributed by atoms with Crippen molar-refractivity contribution in [3.8, 4) is 0 Å². The number of hydrogen-bond donors (Lipinski definition) is 2. The highest BCUT2D eigenvalue weighted by Gasteiger charge is 2.28. The van der Waals surface area contributed by atoms with Gasteiger partial charge in [-0.05, 0) is 89.9 Å². The van der Waals surface area contributed by atoms with Gasteiger partial charge in [0, 0.05) is 19.3 Å². The number of carbonyl (C=O) groups is 3. The van der Waals surface area contributed by atoms with E-state index in [0.29, 0.717) is 25.7 Å². The van der Waals surface area contributed by atoms with Crippen molar-refractivity contribution in [3.63, 3.8) is 0 Å². The summed E-state index contributed by atoms with van der Waals surface area (Å²) < 4.78 is 39.3. The molecular formula is C58H97O11P. The number of phosphoric ester groups is 1. The summed E-state index contributed by atoms with van der Waals surface area (Å²) in [5.74, 6) is -1.59. The topological polar surface area (TPSA) is 155 Å². The molecule has 0 fully saturated rings. The van der Waals surface area contributed by atoms with E-state index in [1.165, 1.54) is 51.4 Å². The van der Waals surface area contributed by atoms with Gasteiger partial charge < -0.3 is 24.2 Å². The van der Waals surface area contributed by atoms with Crippen molar-refractivity contribution in [2.24, 2.45) is 0 Å². The largest absolute Gasteiger partial charge is 0.472 e. The van der Waals surface area contributed by atoms with Gasteiger partial charge in [-0.1, -0.05) is 201 Å². The Morgan fingerprint density at radius 2 is 0.771 bits per heavy atom. The predicted octanol–water partition coefficient (Wildman–Crippen LogP) is 15.7. The zero-order valence-corrected chi connectivity index (χ0v) is 44.8. The molecule has 0 bridgehead atoms. The van der Waals surface area contributed by atoms with E-state index in [2.05, 4.69) is 106 Å². The van der Waals surface area contributed by atoms with Gasteiger partial charge in [0.1, 0.15) is 12.7 Å². The molecule has 0 radical (unpaired) electrons. The highest BCUT2D eigenvalue weighted by Crippen LogP contribution is 2.43. The minimum Gasteiger partial charge on any atom is -0.462 e. The molecule has 70 heavy (non-hydrogen) atoms. The first kappa shape index (κ1) is 66.4. The molecule has 0 spiro atoms. The molecule has 0 aliphatic carbocycles. The first-order chi connectivity index (χ1) is 34.2. The number of esters is 3. The molecule has 0 saturated heterocycles. The molecule has 0 aliphatic heterocycles. The Labute approximate surface area is 425 Å². The summed E-state index contributed by atoms with van der Waals surface area (Å²) in [7, 11) is -4.77. The van der Waals surface area contributed by atoms with Gasteiger partial charge in [-0.2, -0.15) is 0 Å². The number of aliphatic hydroxyl groups is 1. The van der Waals surface area contributed by atoms with Crippen molar-refractivity contribution in [2.75, 3.05) is 26.4 Å². The smallest absolute Gasteiger partial charge is 0.462 e. The van der Waals surface area contributed by atoms with Crippen LogP contribution in [0.1, 0.15) is 213 Å². The zero-order chi connectivity index (χ0) is 51.3. The minimum atomic E-state index is -4.77. The molecular weight excluding hydrogens is 904 g/mol. The third kappa shape index (κ3) is 49.4. The number of unbranched alkanes of at least 4 members (excludes halogenated alkanes) is 16. The summed E-state index contributed by atoms with van der Waals surface area (Å²) in [6.07, 6.45) is 59.7. The second kappa shape index (κ2) is 51.7. The Morgan fingerprint density at radius 3 is 1.26 bits per heavy atom. The number of aliphatic hydroxyl groups excluding tert-OH is 1. The lowest BCUT2D eigenvalue weighted by atomic mass is 10.1. The summed E-state index contributed by atoms with van der Waals surface area (Å²) >= 11 is 0. The Hall–Kier alpha value is -3.60. The third-order valence-corrected chi connectivity index (χ3v) is 12.0. The van der Waals surface area contributed by atoms with Crippen molar-refractivity contribution in [1.82, 2.24) is 0 Å². The van der Waals surface area contributed by atoms with Crippen molar-refractivity contribution >= 4 is 25.7 Å². The second-order valence-electron chi connectivity index (χ2n) is 17.7. The summed E-state index contributed by atoms with van der Waals surface area (Å²) in [5.41, 5.74) is 0. The van der Waals surface area contributed by atoms with E-state index in [1.54, 1.807) is 0 Å². The van der Waals surface area contributed by atoms with Crippen LogP contribution in [-0.2, 0) is 42.2 Å². The van der Waals surface area contributed by atoms with Crippen molar-refractivity contribution < 1.29 is 52.2 Å². The van der Waals surface area contributed by atoms with Crippen LogP contribution in [-0.4, -0.2) is 66.5 Å². The van der Waals surface area contributed by atoms with E-state index >= 15 is 0 Å². The highest BCUT2D eigenvalue weighted by molar-refractivity contribution is 7.47. The van der Waals surface area contributed by atoms with Crippen LogP contribution < -0.4 is 0 Å². The first-order valence-electron chi connectivity index (χ1n) is 27.1. The number of allylic oxidation sites excluding steroid dienone is 16. The monoisotopic (exact) mass is 1000 g/mol. The van der Waals surface area contributed by atoms with Gasteiger partial charge in [0.2, 0.25) is 0 Å². The van der Waals surface area contributed by atoms with Crippen molar-refractivity contribution in [3.05, 3.63) is 97.2 Å². The highest BCUT2D eigenvalue weighted by atomic mass is 31.2. The molecule has 2 N–H and O–H groups in total. The van der Waals surface area contributed by atoms with Crippen LogP contribution in [0.5, 0.6) is 0 Å². The van der Waals surface area contributed by atoms with Gasteiger partial charge in [-0.25, -0.2) is 4.57 Å². The Morgan fingerprint density at radius 1 is 0.414 bits per heavy atom. The molecule has 0 heterocycles. The van der Waals surface area contributed by atoms with Gasteiger partial charge in [-0.15, -0.1) is 0 Å². The number of phosphoric acid groups is 1. The molecule has 3 atom stereocenters. The van der Waals surface area contributed by atoms with Gasteiger partial charge in [0.15, 0.2) is 6.10 Å². The maximum absolute atomic E-state index is 12.8. The van der Waals surface area contributed by atoms with Crippen LogP contribution >= 0.6 is 7.82 Å². The minimum absolute atomic E-state index is 0.0362. The number of rotatable bonds is 49. The molecule has 0 aliphatic rings. The average molecular weight is 1000 g/mol. The number of carbonyl (C=O) groups excluding carboxylic acids is 3. The van der Waals surface area contributed by atoms with Crippen LogP contribution in [0.2, 0.25) is 0 Å². The molecule has 3 unspecified atom stereocenters.